The Kier molecular flexibility index (Phi) is 4.27. The van der Waals surface area contributed by atoms with Crippen LogP contribution < -0.4 is 5.32 Å². The van der Waals surface area contributed by atoms with Crippen LogP contribution in [0, 0.1) is 12.8 Å². The summed E-state index contributed by atoms with van der Waals surface area (Å²) in [6.45, 7) is 11.1. The lowest BCUT2D eigenvalue weighted by Gasteiger charge is -2.33. The van der Waals surface area contributed by atoms with Crippen molar-refractivity contribution >= 4 is 0 Å². The largest absolute Gasteiger partial charge is 0.369 e. The highest BCUT2D eigenvalue weighted by Crippen LogP contribution is 2.44. The van der Waals surface area contributed by atoms with Crippen LogP contribution in [0.3, 0.4) is 0 Å². The van der Waals surface area contributed by atoms with Gasteiger partial charge in [0.05, 0.1) is 11.2 Å². The zero-order chi connectivity index (χ0) is 15.0. The summed E-state index contributed by atoms with van der Waals surface area (Å²) in [5.74, 6) is 0.530. The van der Waals surface area contributed by atoms with E-state index in [1.54, 1.807) is 0 Å². The van der Waals surface area contributed by atoms with E-state index < -0.39 is 0 Å². The number of ether oxygens (including phenoxy) is 1. The second-order valence-corrected chi connectivity index (χ2v) is 7.30. The van der Waals surface area contributed by atoms with Crippen LogP contribution in [0.4, 0.5) is 0 Å². The van der Waals surface area contributed by atoms with Gasteiger partial charge in [0.15, 0.2) is 0 Å². The SMILES string of the molecule is CNC(Cc1ccccc1C)C1CC(C)(C)OC1(C)C. The lowest BCUT2D eigenvalue weighted by molar-refractivity contribution is -0.0774. The molecular formula is C18H29NO. The van der Waals surface area contributed by atoms with Crippen molar-refractivity contribution in [2.24, 2.45) is 5.92 Å². The molecule has 1 fully saturated rings. The first kappa shape index (κ1) is 15.5. The number of likely N-dealkylation sites (N-methyl/N-ethyl adjacent to an activating group) is 1. The maximum absolute atomic E-state index is 6.26. The lowest BCUT2D eigenvalue weighted by atomic mass is 9.79. The highest BCUT2D eigenvalue weighted by molar-refractivity contribution is 5.26. The number of rotatable bonds is 4. The molecule has 0 bridgehead atoms. The minimum atomic E-state index is -0.0696. The summed E-state index contributed by atoms with van der Waals surface area (Å²) in [6, 6.07) is 9.14. The second kappa shape index (κ2) is 5.50. The fourth-order valence-corrected chi connectivity index (χ4v) is 3.75. The third-order valence-corrected chi connectivity index (χ3v) is 4.70. The van der Waals surface area contributed by atoms with Crippen molar-refractivity contribution in [1.29, 1.82) is 0 Å². The Bertz CT molecular complexity index is 464. The lowest BCUT2D eigenvalue weighted by Crippen LogP contribution is -2.44. The van der Waals surface area contributed by atoms with Gasteiger partial charge >= 0.3 is 0 Å². The Morgan fingerprint density at radius 2 is 1.90 bits per heavy atom. The van der Waals surface area contributed by atoms with Crippen LogP contribution in [0.15, 0.2) is 24.3 Å². The molecule has 2 rings (SSSR count). The molecule has 112 valence electrons. The molecule has 2 unspecified atom stereocenters. The molecule has 1 heterocycles. The molecule has 0 radical (unpaired) electrons. The topological polar surface area (TPSA) is 21.3 Å². The Morgan fingerprint density at radius 3 is 2.40 bits per heavy atom. The predicted molar refractivity (Wildman–Crippen MR) is 85.1 cm³/mol. The van der Waals surface area contributed by atoms with Gasteiger partial charge in [0.25, 0.3) is 0 Å². The maximum atomic E-state index is 6.26. The number of aryl methyl sites for hydroxylation is 1. The molecule has 1 saturated heterocycles. The normalized spacial score (nSPS) is 25.6. The van der Waals surface area contributed by atoms with Crippen molar-refractivity contribution in [3.8, 4) is 0 Å². The first-order valence-corrected chi connectivity index (χ1v) is 7.67. The quantitative estimate of drug-likeness (QED) is 0.904. The standard InChI is InChI=1S/C18H29NO/c1-13-9-7-8-10-14(13)11-16(19-6)15-12-17(2,3)20-18(15,4)5/h7-10,15-16,19H,11-12H2,1-6H3. The fraction of sp³-hybridized carbons (Fsp3) is 0.667. The molecule has 1 aliphatic heterocycles. The molecule has 2 atom stereocenters. The molecule has 2 nitrogen and oxygen atoms in total. The van der Waals surface area contributed by atoms with Crippen LogP contribution in [0.5, 0.6) is 0 Å². The Hall–Kier alpha value is -0.860. The Balaban J connectivity index is 2.19. The molecule has 0 spiro atoms. The van der Waals surface area contributed by atoms with E-state index in [-0.39, 0.29) is 11.2 Å². The molecule has 1 aliphatic rings. The number of nitrogens with one attached hydrogen (secondary N) is 1. The molecular weight excluding hydrogens is 246 g/mol. The van der Waals surface area contributed by atoms with E-state index in [0.29, 0.717) is 12.0 Å². The zero-order valence-electron chi connectivity index (χ0n) is 13.8. The summed E-state index contributed by atoms with van der Waals surface area (Å²) in [7, 11) is 2.07. The van der Waals surface area contributed by atoms with Crippen LogP contribution >= 0.6 is 0 Å². The van der Waals surface area contributed by atoms with Gasteiger partial charge in [-0.2, -0.15) is 0 Å². The Labute approximate surface area is 123 Å². The fourth-order valence-electron chi connectivity index (χ4n) is 3.75. The van der Waals surface area contributed by atoms with E-state index in [9.17, 15) is 0 Å². The van der Waals surface area contributed by atoms with E-state index >= 15 is 0 Å². The molecule has 0 aliphatic carbocycles. The third kappa shape index (κ3) is 3.24. The van der Waals surface area contributed by atoms with Gasteiger partial charge in [-0.1, -0.05) is 24.3 Å². The third-order valence-electron chi connectivity index (χ3n) is 4.70. The van der Waals surface area contributed by atoms with Gasteiger partial charge in [-0.15, -0.1) is 0 Å². The molecule has 1 N–H and O–H groups in total. The molecule has 1 aromatic carbocycles. The predicted octanol–water partition coefficient (Wildman–Crippen LogP) is 3.72. The van der Waals surface area contributed by atoms with E-state index in [0.717, 1.165) is 12.8 Å². The number of hydrogen-bond acceptors (Lipinski definition) is 2. The smallest absolute Gasteiger partial charge is 0.0677 e. The highest BCUT2D eigenvalue weighted by atomic mass is 16.5. The summed E-state index contributed by atoms with van der Waals surface area (Å²) in [5, 5.41) is 3.53. The number of benzene rings is 1. The van der Waals surface area contributed by atoms with E-state index in [2.05, 4.69) is 71.2 Å². The van der Waals surface area contributed by atoms with Gasteiger partial charge in [0.1, 0.15) is 0 Å². The van der Waals surface area contributed by atoms with Gasteiger partial charge in [0, 0.05) is 12.0 Å². The molecule has 0 saturated carbocycles. The Morgan fingerprint density at radius 1 is 1.25 bits per heavy atom. The monoisotopic (exact) mass is 275 g/mol. The number of hydrogen-bond donors (Lipinski definition) is 1. The molecule has 1 aromatic rings. The van der Waals surface area contributed by atoms with Crippen molar-refractivity contribution in [3.63, 3.8) is 0 Å². The van der Waals surface area contributed by atoms with Gasteiger partial charge in [0.2, 0.25) is 0 Å². The summed E-state index contributed by atoms with van der Waals surface area (Å²) in [4.78, 5) is 0. The zero-order valence-corrected chi connectivity index (χ0v) is 13.8. The van der Waals surface area contributed by atoms with Crippen LogP contribution in [0.1, 0.15) is 45.2 Å². The first-order valence-electron chi connectivity index (χ1n) is 7.67. The average Bonchev–Trinajstić information content (AvgIpc) is 2.56. The van der Waals surface area contributed by atoms with E-state index in [1.165, 1.54) is 11.1 Å². The van der Waals surface area contributed by atoms with Crippen LogP contribution in [-0.2, 0) is 11.2 Å². The van der Waals surface area contributed by atoms with Crippen molar-refractivity contribution in [2.75, 3.05) is 7.05 Å². The van der Waals surface area contributed by atoms with Gasteiger partial charge in [-0.25, -0.2) is 0 Å². The van der Waals surface area contributed by atoms with Gasteiger partial charge < -0.3 is 10.1 Å². The van der Waals surface area contributed by atoms with E-state index in [1.807, 2.05) is 0 Å². The maximum Gasteiger partial charge on any atom is 0.0677 e. The molecule has 0 aromatic heterocycles. The van der Waals surface area contributed by atoms with Crippen molar-refractivity contribution < 1.29 is 4.74 Å². The van der Waals surface area contributed by atoms with Gasteiger partial charge in [-0.05, 0) is 65.6 Å². The van der Waals surface area contributed by atoms with Crippen molar-refractivity contribution in [3.05, 3.63) is 35.4 Å². The summed E-state index contributed by atoms with van der Waals surface area (Å²) in [5.41, 5.74) is 2.73. The van der Waals surface area contributed by atoms with Crippen LogP contribution in [-0.4, -0.2) is 24.3 Å². The molecule has 20 heavy (non-hydrogen) atoms. The summed E-state index contributed by atoms with van der Waals surface area (Å²) in [6.07, 6.45) is 2.17. The van der Waals surface area contributed by atoms with Crippen LogP contribution in [0.2, 0.25) is 0 Å². The minimum absolute atomic E-state index is 0.0189. The first-order chi connectivity index (χ1) is 9.25. The van der Waals surface area contributed by atoms with Gasteiger partial charge in [-0.3, -0.25) is 0 Å². The highest BCUT2D eigenvalue weighted by Gasteiger charge is 2.48. The summed E-state index contributed by atoms with van der Waals surface area (Å²) < 4.78 is 6.26. The van der Waals surface area contributed by atoms with Crippen molar-refractivity contribution in [1.82, 2.24) is 5.32 Å². The van der Waals surface area contributed by atoms with Crippen molar-refractivity contribution in [2.45, 2.75) is 64.7 Å². The summed E-state index contributed by atoms with van der Waals surface area (Å²) >= 11 is 0. The molecule has 2 heteroatoms. The van der Waals surface area contributed by atoms with E-state index in [4.69, 9.17) is 4.74 Å². The average molecular weight is 275 g/mol. The van der Waals surface area contributed by atoms with Crippen LogP contribution in [0.25, 0.3) is 0 Å². The molecule has 0 amide bonds. The second-order valence-electron chi connectivity index (χ2n) is 7.30. The minimum Gasteiger partial charge on any atom is -0.369 e.